The van der Waals surface area contributed by atoms with Gasteiger partial charge in [-0.2, -0.15) is 0 Å². The minimum atomic E-state index is -0.790. The topological polar surface area (TPSA) is 43.4 Å². The summed E-state index contributed by atoms with van der Waals surface area (Å²) in [5.74, 6) is 5.98. The number of hydrogen-bond acceptors (Lipinski definition) is 6. The van der Waals surface area contributed by atoms with Crippen LogP contribution in [0.15, 0.2) is 145 Å². The normalized spacial score (nSPS) is 19.8. The minimum Gasteiger partial charge on any atom is -0.483 e. The molecule has 0 saturated heterocycles. The van der Waals surface area contributed by atoms with E-state index in [9.17, 15) is 0 Å². The van der Waals surface area contributed by atoms with Crippen LogP contribution in [-0.4, -0.2) is 13.4 Å². The Balaban J connectivity index is 1.15. The van der Waals surface area contributed by atoms with Crippen molar-refractivity contribution in [3.63, 3.8) is 0 Å². The largest absolute Gasteiger partial charge is 0.483 e. The molecule has 14 rings (SSSR count). The van der Waals surface area contributed by atoms with Gasteiger partial charge >= 0.3 is 0 Å². The van der Waals surface area contributed by atoms with E-state index in [1.54, 1.807) is 0 Å². The maximum absolute atomic E-state index is 7.50. The lowest BCUT2D eigenvalue weighted by atomic mass is 9.26. The quantitative estimate of drug-likeness (QED) is 0.170. The van der Waals surface area contributed by atoms with Crippen molar-refractivity contribution in [2.75, 3.05) is 9.80 Å². The molecule has 2 atom stereocenters. The molecule has 6 nitrogen and oxygen atoms in total. The zero-order valence-corrected chi connectivity index (χ0v) is 29.6. The molecular weight excluding hydrogens is 678 g/mol. The molecule has 0 radical (unpaired) electrons. The van der Waals surface area contributed by atoms with Crippen molar-refractivity contribution in [3.05, 3.63) is 156 Å². The third-order valence-electron chi connectivity index (χ3n) is 13.0. The Hall–Kier alpha value is -6.79. The van der Waals surface area contributed by atoms with Crippen molar-refractivity contribution in [3.8, 4) is 40.2 Å². The van der Waals surface area contributed by atoms with Gasteiger partial charge in [0.2, 0.25) is 6.71 Å². The monoisotopic (exact) mass is 706 g/mol. The van der Waals surface area contributed by atoms with E-state index in [4.69, 9.17) is 18.9 Å². The van der Waals surface area contributed by atoms with E-state index in [0.29, 0.717) is 0 Å². The molecule has 2 unspecified atom stereocenters. The van der Waals surface area contributed by atoms with Gasteiger partial charge < -0.3 is 28.7 Å². The van der Waals surface area contributed by atoms with Crippen LogP contribution in [-0.2, 0) is 5.60 Å². The highest BCUT2D eigenvalue weighted by atomic mass is 16.5. The smallest absolute Gasteiger partial charge is 0.266 e. The van der Waals surface area contributed by atoms with Crippen LogP contribution in [0.4, 0.5) is 28.4 Å². The zero-order valence-electron chi connectivity index (χ0n) is 29.6. The Bertz CT molecular complexity index is 2950. The molecule has 6 heterocycles. The number of benzene rings is 7. The van der Waals surface area contributed by atoms with E-state index in [2.05, 4.69) is 156 Å². The molecule has 55 heavy (non-hydrogen) atoms. The van der Waals surface area contributed by atoms with E-state index in [0.717, 1.165) is 96.2 Å². The summed E-state index contributed by atoms with van der Waals surface area (Å²) in [6.45, 7) is 2.25. The number of para-hydroxylation sites is 2. The predicted molar refractivity (Wildman–Crippen MR) is 219 cm³/mol. The second-order valence-corrected chi connectivity index (χ2v) is 15.6. The summed E-state index contributed by atoms with van der Waals surface area (Å²) in [4.78, 5) is 4.89. The number of anilines is 5. The standard InChI is InChI=1S/C47H28B2N2O4/c1-47-29-25-39-44-45(51(27-14-6-3-7-15-27)31-17-9-18-33-40(31)48(44)42-35(52-33)20-10-21-36(42)54-39)28(29)24-32-46(47)49-41-30(50(32)26-12-4-2-5-13-26)16-8-19-34(41)53-37-22-11-23-38(55-47)43(37)49/h2-25,46H,1H3. The fourth-order valence-corrected chi connectivity index (χ4v) is 11.0. The van der Waals surface area contributed by atoms with E-state index >= 15 is 0 Å². The van der Waals surface area contributed by atoms with E-state index in [-0.39, 0.29) is 19.2 Å². The lowest BCUT2D eigenvalue weighted by Gasteiger charge is -2.56. The maximum atomic E-state index is 7.50. The Morgan fingerprint density at radius 3 is 1.75 bits per heavy atom. The first-order valence-electron chi connectivity index (χ1n) is 19.0. The number of ether oxygens (including phenoxy) is 4. The van der Waals surface area contributed by atoms with Crippen LogP contribution < -0.4 is 56.1 Å². The van der Waals surface area contributed by atoms with Gasteiger partial charge in [-0.3, -0.25) is 0 Å². The molecule has 1 aliphatic carbocycles. The first kappa shape index (κ1) is 28.7. The van der Waals surface area contributed by atoms with Crippen LogP contribution in [0.1, 0.15) is 18.1 Å². The molecule has 0 spiro atoms. The lowest BCUT2D eigenvalue weighted by Crippen LogP contribution is -2.66. The second-order valence-electron chi connectivity index (χ2n) is 15.6. The van der Waals surface area contributed by atoms with Crippen molar-refractivity contribution in [1.29, 1.82) is 0 Å². The fraction of sp³-hybridized carbons (Fsp3) is 0.0638. The van der Waals surface area contributed by atoms with Gasteiger partial charge in [0.25, 0.3) is 6.71 Å². The molecule has 7 aromatic rings. The van der Waals surface area contributed by atoms with E-state index in [1.807, 2.05) is 6.07 Å². The van der Waals surface area contributed by atoms with Gasteiger partial charge in [0.1, 0.15) is 45.8 Å². The Morgan fingerprint density at radius 2 is 1.05 bits per heavy atom. The average molecular weight is 706 g/mol. The lowest BCUT2D eigenvalue weighted by molar-refractivity contribution is 0.0804. The molecule has 0 aromatic heterocycles. The van der Waals surface area contributed by atoms with Crippen LogP contribution in [0.2, 0.25) is 5.82 Å². The van der Waals surface area contributed by atoms with Crippen LogP contribution in [0, 0.1) is 0 Å². The summed E-state index contributed by atoms with van der Waals surface area (Å²) in [6, 6.07) is 49.1. The minimum absolute atomic E-state index is 0.0184. The molecule has 0 bridgehead atoms. The molecule has 6 aliphatic heterocycles. The first-order chi connectivity index (χ1) is 27.2. The van der Waals surface area contributed by atoms with Gasteiger partial charge in [-0.1, -0.05) is 60.7 Å². The summed E-state index contributed by atoms with van der Waals surface area (Å²) >= 11 is 0. The first-order valence-corrected chi connectivity index (χ1v) is 19.0. The Kier molecular flexibility index (Phi) is 5.03. The molecule has 0 N–H and O–H groups in total. The average Bonchev–Trinajstić information content (AvgIpc) is 3.22. The van der Waals surface area contributed by atoms with Crippen molar-refractivity contribution >= 4 is 75.3 Å². The molecule has 0 fully saturated rings. The fourth-order valence-electron chi connectivity index (χ4n) is 11.0. The summed E-state index contributed by atoms with van der Waals surface area (Å²) in [5, 5.41) is 0. The molecule has 7 aliphatic rings. The molecule has 0 saturated carbocycles. The Labute approximate surface area is 317 Å². The van der Waals surface area contributed by atoms with Gasteiger partial charge in [0.15, 0.2) is 0 Å². The van der Waals surface area contributed by atoms with Gasteiger partial charge in [0.05, 0.1) is 5.69 Å². The van der Waals surface area contributed by atoms with Crippen LogP contribution in [0.3, 0.4) is 0 Å². The third-order valence-corrected chi connectivity index (χ3v) is 13.0. The van der Waals surface area contributed by atoms with Gasteiger partial charge in [0, 0.05) is 56.3 Å². The predicted octanol–water partition coefficient (Wildman–Crippen LogP) is 8.10. The summed E-state index contributed by atoms with van der Waals surface area (Å²) in [6.07, 6.45) is 2.47. The molecule has 7 aromatic carbocycles. The number of hydrogen-bond donors (Lipinski definition) is 0. The van der Waals surface area contributed by atoms with Crippen molar-refractivity contribution in [2.24, 2.45) is 0 Å². The number of nitrogens with zero attached hydrogens (tertiary/aromatic N) is 2. The SMILES string of the molecule is CC12Oc3cccc4c3B3c5c(cccc5N(c5ccccc5)C(=Cc5c1cc1c6c5N(c5ccccc5)c5cccc7c5B6c5c(cccc5O1)O7)C32)O4. The van der Waals surface area contributed by atoms with Crippen LogP contribution in [0.25, 0.3) is 6.08 Å². The van der Waals surface area contributed by atoms with Gasteiger partial charge in [-0.25, -0.2) is 0 Å². The summed E-state index contributed by atoms with van der Waals surface area (Å²) < 4.78 is 27.9. The molecule has 8 heteroatoms. The van der Waals surface area contributed by atoms with Crippen LogP contribution >= 0.6 is 0 Å². The van der Waals surface area contributed by atoms with Crippen molar-refractivity contribution in [1.82, 2.24) is 0 Å². The Morgan fingerprint density at radius 1 is 0.509 bits per heavy atom. The highest BCUT2D eigenvalue weighted by molar-refractivity contribution is 7.00. The van der Waals surface area contributed by atoms with Gasteiger partial charge in [-0.05, 0) is 108 Å². The van der Waals surface area contributed by atoms with E-state index < -0.39 is 5.60 Å². The highest BCUT2D eigenvalue weighted by Crippen LogP contribution is 2.61. The van der Waals surface area contributed by atoms with E-state index in [1.165, 1.54) is 16.6 Å². The van der Waals surface area contributed by atoms with Crippen molar-refractivity contribution < 1.29 is 18.9 Å². The van der Waals surface area contributed by atoms with Gasteiger partial charge in [-0.15, -0.1) is 0 Å². The third kappa shape index (κ3) is 3.33. The van der Waals surface area contributed by atoms with Crippen molar-refractivity contribution in [2.45, 2.75) is 18.3 Å². The maximum Gasteiger partial charge on any atom is 0.266 e. The molecule has 0 amide bonds. The summed E-state index contributed by atoms with van der Waals surface area (Å²) in [7, 11) is 0. The van der Waals surface area contributed by atoms with Crippen LogP contribution in [0.5, 0.6) is 40.2 Å². The number of rotatable bonds is 2. The zero-order chi connectivity index (χ0) is 35.7. The highest BCUT2D eigenvalue weighted by Gasteiger charge is 2.62. The molecular formula is C47H28B2N2O4. The molecule has 256 valence electrons. The number of fused-ring (bicyclic) bond motifs is 3. The second kappa shape index (κ2) is 9.65. The summed E-state index contributed by atoms with van der Waals surface area (Å²) in [5.41, 5.74) is 13.9.